The first-order valence-corrected chi connectivity index (χ1v) is 12.0. The number of halogens is 4. The second-order valence-electron chi connectivity index (χ2n) is 8.25. The van der Waals surface area contributed by atoms with Gasteiger partial charge in [0.25, 0.3) is 0 Å². The second kappa shape index (κ2) is 8.30. The molecule has 0 aromatic heterocycles. The molecule has 2 aromatic rings. The lowest BCUT2D eigenvalue weighted by Crippen LogP contribution is -2.55. The third-order valence-corrected chi connectivity index (χ3v) is 9.14. The molecule has 2 aromatic carbocycles. The van der Waals surface area contributed by atoms with E-state index < -0.39 is 38.3 Å². The summed E-state index contributed by atoms with van der Waals surface area (Å²) in [5.74, 6) is -2.61. The first-order chi connectivity index (χ1) is 14.7. The van der Waals surface area contributed by atoms with Crippen molar-refractivity contribution in [3.05, 3.63) is 58.6 Å². The van der Waals surface area contributed by atoms with Crippen LogP contribution in [0, 0.1) is 17.6 Å². The Kier molecular flexibility index (Phi) is 6.00. The first-order valence-electron chi connectivity index (χ1n) is 10.2. The van der Waals surface area contributed by atoms with Crippen LogP contribution in [0.5, 0.6) is 5.75 Å². The standard InChI is InChI=1S/C22H23ClF3NO3S/c1-13(24)11-27-16-8-9-22(31(28,29)17-4-2-15(23)3-5-17)14(10-16)12-30-21-19(26)7-6-18(25)20(21)22/h2-7,13-14,16,27H,8-12H2,1H3/t13?,14-,16-,22+/m1/s1. The molecule has 1 fully saturated rings. The first kappa shape index (κ1) is 22.4. The largest absolute Gasteiger partial charge is 0.490 e. The molecule has 4 atom stereocenters. The van der Waals surface area contributed by atoms with Crippen molar-refractivity contribution in [2.45, 2.75) is 48.0 Å². The minimum Gasteiger partial charge on any atom is -0.490 e. The van der Waals surface area contributed by atoms with E-state index in [2.05, 4.69) is 5.32 Å². The van der Waals surface area contributed by atoms with E-state index in [1.807, 2.05) is 0 Å². The lowest BCUT2D eigenvalue weighted by atomic mass is 9.71. The maximum atomic E-state index is 15.1. The fourth-order valence-electron chi connectivity index (χ4n) is 4.86. The quantitative estimate of drug-likeness (QED) is 0.678. The van der Waals surface area contributed by atoms with Gasteiger partial charge in [-0.3, -0.25) is 0 Å². The molecule has 1 aliphatic heterocycles. The van der Waals surface area contributed by atoms with E-state index in [1.54, 1.807) is 0 Å². The van der Waals surface area contributed by atoms with Crippen LogP contribution in [-0.2, 0) is 14.6 Å². The van der Waals surface area contributed by atoms with E-state index in [9.17, 15) is 17.2 Å². The van der Waals surface area contributed by atoms with Crippen molar-refractivity contribution in [2.24, 2.45) is 5.92 Å². The van der Waals surface area contributed by atoms with Gasteiger partial charge < -0.3 is 10.1 Å². The van der Waals surface area contributed by atoms with Crippen LogP contribution in [0.25, 0.3) is 0 Å². The van der Waals surface area contributed by atoms with Gasteiger partial charge in [-0.15, -0.1) is 0 Å². The molecule has 31 heavy (non-hydrogen) atoms. The molecule has 0 amide bonds. The summed E-state index contributed by atoms with van der Waals surface area (Å²) in [6.45, 7) is 1.49. The second-order valence-corrected chi connectivity index (χ2v) is 10.9. The zero-order valence-corrected chi connectivity index (χ0v) is 18.4. The van der Waals surface area contributed by atoms with Gasteiger partial charge in [0.15, 0.2) is 21.4 Å². The van der Waals surface area contributed by atoms with E-state index in [4.69, 9.17) is 16.3 Å². The van der Waals surface area contributed by atoms with Gasteiger partial charge in [-0.25, -0.2) is 21.6 Å². The van der Waals surface area contributed by atoms with Gasteiger partial charge in [0.1, 0.15) is 16.7 Å². The lowest BCUT2D eigenvalue weighted by molar-refractivity contribution is 0.106. The third kappa shape index (κ3) is 3.72. The minimum absolute atomic E-state index is 0.0119. The zero-order valence-electron chi connectivity index (χ0n) is 16.9. The Labute approximate surface area is 184 Å². The van der Waals surface area contributed by atoms with E-state index >= 15 is 4.39 Å². The number of benzene rings is 2. The minimum atomic E-state index is -4.16. The van der Waals surface area contributed by atoms with E-state index in [-0.39, 0.29) is 41.8 Å². The number of hydrogen-bond donors (Lipinski definition) is 1. The molecule has 168 valence electrons. The van der Waals surface area contributed by atoms with Crippen molar-refractivity contribution in [2.75, 3.05) is 13.2 Å². The molecule has 1 saturated carbocycles. The van der Waals surface area contributed by atoms with Crippen LogP contribution in [0.1, 0.15) is 31.7 Å². The smallest absolute Gasteiger partial charge is 0.188 e. The molecule has 1 heterocycles. The summed E-state index contributed by atoms with van der Waals surface area (Å²) >= 11 is 5.93. The Bertz CT molecular complexity index is 1080. The number of hydrogen-bond acceptors (Lipinski definition) is 4. The van der Waals surface area contributed by atoms with E-state index in [1.165, 1.54) is 31.2 Å². The number of sulfone groups is 1. The molecule has 9 heteroatoms. The number of fused-ring (bicyclic) bond motifs is 3. The Balaban J connectivity index is 1.86. The topological polar surface area (TPSA) is 55.4 Å². The van der Waals surface area contributed by atoms with Crippen molar-refractivity contribution in [3.8, 4) is 5.75 Å². The highest BCUT2D eigenvalue weighted by Gasteiger charge is 2.59. The van der Waals surface area contributed by atoms with Gasteiger partial charge in [0.2, 0.25) is 0 Å². The fraction of sp³-hybridized carbons (Fsp3) is 0.455. The van der Waals surface area contributed by atoms with Crippen molar-refractivity contribution >= 4 is 21.4 Å². The van der Waals surface area contributed by atoms with Crippen LogP contribution >= 0.6 is 11.6 Å². The summed E-state index contributed by atoms with van der Waals surface area (Å²) in [5.41, 5.74) is -0.254. The predicted octanol–water partition coefficient (Wildman–Crippen LogP) is 4.80. The molecule has 0 bridgehead atoms. The van der Waals surface area contributed by atoms with Crippen molar-refractivity contribution in [3.63, 3.8) is 0 Å². The molecule has 1 aliphatic carbocycles. The summed E-state index contributed by atoms with van der Waals surface area (Å²) in [6.07, 6.45) is -0.308. The Morgan fingerprint density at radius 1 is 1.19 bits per heavy atom. The number of nitrogens with one attached hydrogen (secondary N) is 1. The monoisotopic (exact) mass is 473 g/mol. The predicted molar refractivity (Wildman–Crippen MR) is 112 cm³/mol. The molecule has 0 spiro atoms. The molecule has 2 aliphatic rings. The maximum Gasteiger partial charge on any atom is 0.188 e. The van der Waals surface area contributed by atoms with E-state index in [0.29, 0.717) is 17.9 Å². The number of rotatable bonds is 5. The van der Waals surface area contributed by atoms with E-state index in [0.717, 1.165) is 12.1 Å². The number of ether oxygens (including phenoxy) is 1. The van der Waals surface area contributed by atoms with Gasteiger partial charge in [-0.2, -0.15) is 0 Å². The third-order valence-electron chi connectivity index (χ3n) is 6.29. The summed E-state index contributed by atoms with van der Waals surface area (Å²) in [5, 5.41) is 3.48. The normalized spacial score (nSPS) is 26.5. The van der Waals surface area contributed by atoms with Crippen molar-refractivity contribution in [1.82, 2.24) is 5.32 Å². The zero-order chi connectivity index (χ0) is 22.4. The number of alkyl halides is 1. The molecular weight excluding hydrogens is 451 g/mol. The summed E-state index contributed by atoms with van der Waals surface area (Å²) in [4.78, 5) is -0.0119. The molecular formula is C22H23ClF3NO3S. The molecule has 1 N–H and O–H groups in total. The van der Waals surface area contributed by atoms with Gasteiger partial charge in [-0.05, 0) is 62.6 Å². The summed E-state index contributed by atoms with van der Waals surface area (Å²) in [6, 6.07) is 7.39. The molecule has 4 nitrogen and oxygen atoms in total. The molecule has 1 unspecified atom stereocenters. The highest BCUT2D eigenvalue weighted by Crippen LogP contribution is 2.56. The highest BCUT2D eigenvalue weighted by molar-refractivity contribution is 7.92. The van der Waals surface area contributed by atoms with Crippen LogP contribution in [0.3, 0.4) is 0 Å². The molecule has 0 radical (unpaired) electrons. The summed E-state index contributed by atoms with van der Waals surface area (Å²) in [7, 11) is -4.16. The Morgan fingerprint density at radius 3 is 2.55 bits per heavy atom. The van der Waals surface area contributed by atoms with Gasteiger partial charge in [0.05, 0.1) is 17.1 Å². The Hall–Kier alpha value is -1.77. The van der Waals surface area contributed by atoms with Crippen molar-refractivity contribution in [1.29, 1.82) is 0 Å². The lowest BCUT2D eigenvalue weighted by Gasteiger charge is -2.49. The van der Waals surface area contributed by atoms with Crippen LogP contribution in [0.15, 0.2) is 41.3 Å². The van der Waals surface area contributed by atoms with Gasteiger partial charge >= 0.3 is 0 Å². The van der Waals surface area contributed by atoms with Gasteiger partial charge in [-0.1, -0.05) is 11.6 Å². The van der Waals surface area contributed by atoms with Crippen LogP contribution in [-0.4, -0.2) is 33.8 Å². The average molecular weight is 474 g/mol. The van der Waals surface area contributed by atoms with Crippen LogP contribution < -0.4 is 10.1 Å². The Morgan fingerprint density at radius 2 is 1.87 bits per heavy atom. The van der Waals surface area contributed by atoms with Crippen LogP contribution in [0.2, 0.25) is 5.02 Å². The SMILES string of the molecule is CC(F)CN[C@@H]1CC[C@@]2(S(=O)(=O)c3ccc(Cl)cc3)c3c(F)ccc(F)c3OC[C@H]2C1. The average Bonchev–Trinajstić information content (AvgIpc) is 2.74. The fourth-order valence-corrected chi connectivity index (χ4v) is 7.35. The maximum absolute atomic E-state index is 15.1. The van der Waals surface area contributed by atoms with Gasteiger partial charge in [0, 0.05) is 23.5 Å². The summed E-state index contributed by atoms with van der Waals surface area (Å²) < 4.78 is 74.8. The molecule has 4 rings (SSSR count). The molecule has 0 saturated heterocycles. The van der Waals surface area contributed by atoms with Crippen molar-refractivity contribution < 1.29 is 26.3 Å². The highest BCUT2D eigenvalue weighted by atomic mass is 35.5. The van der Waals surface area contributed by atoms with Crippen LogP contribution in [0.4, 0.5) is 13.2 Å².